The summed E-state index contributed by atoms with van der Waals surface area (Å²) in [6.07, 6.45) is 3.69. The lowest BCUT2D eigenvalue weighted by Gasteiger charge is -2.36. The van der Waals surface area contributed by atoms with Crippen molar-refractivity contribution < 1.29 is 9.18 Å². The van der Waals surface area contributed by atoms with E-state index in [4.69, 9.17) is 17.3 Å². The minimum absolute atomic E-state index is 0. The van der Waals surface area contributed by atoms with Gasteiger partial charge < -0.3 is 11.1 Å². The normalized spacial score (nSPS) is 18.3. The van der Waals surface area contributed by atoms with E-state index < -0.39 is 0 Å². The van der Waals surface area contributed by atoms with Crippen LogP contribution < -0.4 is 11.1 Å². The van der Waals surface area contributed by atoms with E-state index in [2.05, 4.69) is 10.2 Å². The molecule has 1 heterocycles. The summed E-state index contributed by atoms with van der Waals surface area (Å²) >= 11 is 6.11. The Labute approximate surface area is 148 Å². The molecule has 0 bridgehead atoms. The number of likely N-dealkylation sites (tertiary alicyclic amines) is 1. The van der Waals surface area contributed by atoms with Gasteiger partial charge in [-0.05, 0) is 37.1 Å². The molecule has 1 aromatic carbocycles. The number of amides is 1. The van der Waals surface area contributed by atoms with Gasteiger partial charge >= 0.3 is 0 Å². The zero-order valence-corrected chi connectivity index (χ0v) is 14.6. The molecule has 0 aliphatic carbocycles. The van der Waals surface area contributed by atoms with E-state index in [1.807, 2.05) is 0 Å². The molecule has 3 N–H and O–H groups in total. The molecule has 1 aliphatic rings. The molecule has 4 nitrogen and oxygen atoms in total. The first-order valence-electron chi connectivity index (χ1n) is 7.75. The number of carbonyl (C=O) groups excluding carboxylic acids is 1. The Morgan fingerprint density at radius 1 is 1.43 bits per heavy atom. The lowest BCUT2D eigenvalue weighted by Crippen LogP contribution is -2.46. The number of hydrogen-bond acceptors (Lipinski definition) is 3. The predicted octanol–water partition coefficient (Wildman–Crippen LogP) is 2.72. The van der Waals surface area contributed by atoms with E-state index in [0.29, 0.717) is 31.1 Å². The van der Waals surface area contributed by atoms with E-state index in [1.54, 1.807) is 6.07 Å². The molecule has 0 saturated carbocycles. The SMILES string of the molecule is Cl.NCCC(=O)NCC1CCCCN1Cc1ccc(F)cc1Cl. The molecule has 1 amide bonds. The zero-order chi connectivity index (χ0) is 15.9. The van der Waals surface area contributed by atoms with Gasteiger partial charge in [0.25, 0.3) is 0 Å². The van der Waals surface area contributed by atoms with Gasteiger partial charge in [0.2, 0.25) is 5.91 Å². The number of benzene rings is 1. The third-order valence-corrected chi connectivity index (χ3v) is 4.40. The molecule has 1 unspecified atom stereocenters. The molecule has 0 spiro atoms. The van der Waals surface area contributed by atoms with E-state index >= 15 is 0 Å². The molecule has 1 aliphatic heterocycles. The second kappa shape index (κ2) is 10.1. The Morgan fingerprint density at radius 3 is 2.91 bits per heavy atom. The molecule has 1 fully saturated rings. The lowest BCUT2D eigenvalue weighted by molar-refractivity contribution is -0.121. The maximum absolute atomic E-state index is 13.1. The highest BCUT2D eigenvalue weighted by atomic mass is 35.5. The van der Waals surface area contributed by atoms with Crippen LogP contribution in [-0.2, 0) is 11.3 Å². The van der Waals surface area contributed by atoms with Gasteiger partial charge in [-0.15, -0.1) is 12.4 Å². The van der Waals surface area contributed by atoms with Gasteiger partial charge in [0, 0.05) is 37.1 Å². The van der Waals surface area contributed by atoms with Crippen molar-refractivity contribution in [3.8, 4) is 0 Å². The minimum atomic E-state index is -0.321. The molecule has 0 radical (unpaired) electrons. The largest absolute Gasteiger partial charge is 0.354 e. The van der Waals surface area contributed by atoms with Crippen molar-refractivity contribution in [2.45, 2.75) is 38.3 Å². The fraction of sp³-hybridized carbons (Fsp3) is 0.562. The van der Waals surface area contributed by atoms with Crippen LogP contribution in [-0.4, -0.2) is 36.5 Å². The molecule has 130 valence electrons. The van der Waals surface area contributed by atoms with Gasteiger partial charge in [-0.3, -0.25) is 9.69 Å². The number of nitrogens with one attached hydrogen (secondary N) is 1. The maximum Gasteiger partial charge on any atom is 0.221 e. The van der Waals surface area contributed by atoms with Crippen LogP contribution in [0.5, 0.6) is 0 Å². The van der Waals surface area contributed by atoms with Crippen LogP contribution in [0.3, 0.4) is 0 Å². The Morgan fingerprint density at radius 2 is 2.22 bits per heavy atom. The zero-order valence-electron chi connectivity index (χ0n) is 13.1. The summed E-state index contributed by atoms with van der Waals surface area (Å²) in [7, 11) is 0. The Kier molecular flexibility index (Phi) is 8.84. The molecule has 23 heavy (non-hydrogen) atoms. The minimum Gasteiger partial charge on any atom is -0.354 e. The number of piperidine rings is 1. The number of carbonyl (C=O) groups is 1. The first-order chi connectivity index (χ1) is 10.6. The predicted molar refractivity (Wildman–Crippen MR) is 93.4 cm³/mol. The van der Waals surface area contributed by atoms with Crippen molar-refractivity contribution >= 4 is 29.9 Å². The van der Waals surface area contributed by atoms with Crippen LogP contribution in [0.15, 0.2) is 18.2 Å². The molecular weight excluding hydrogens is 340 g/mol. The van der Waals surface area contributed by atoms with Crippen molar-refractivity contribution in [3.05, 3.63) is 34.6 Å². The maximum atomic E-state index is 13.1. The second-order valence-corrected chi connectivity index (χ2v) is 6.11. The topological polar surface area (TPSA) is 58.4 Å². The van der Waals surface area contributed by atoms with E-state index in [0.717, 1.165) is 31.4 Å². The van der Waals surface area contributed by atoms with E-state index in [9.17, 15) is 9.18 Å². The summed E-state index contributed by atoms with van der Waals surface area (Å²) in [4.78, 5) is 13.9. The van der Waals surface area contributed by atoms with Crippen molar-refractivity contribution in [1.29, 1.82) is 0 Å². The van der Waals surface area contributed by atoms with Gasteiger partial charge in [0.1, 0.15) is 5.82 Å². The van der Waals surface area contributed by atoms with Crippen molar-refractivity contribution in [2.75, 3.05) is 19.6 Å². The quantitative estimate of drug-likeness (QED) is 0.816. The van der Waals surface area contributed by atoms with Crippen molar-refractivity contribution in [1.82, 2.24) is 10.2 Å². The van der Waals surface area contributed by atoms with Crippen molar-refractivity contribution in [3.63, 3.8) is 0 Å². The average molecular weight is 364 g/mol. The highest BCUT2D eigenvalue weighted by Crippen LogP contribution is 2.23. The number of nitrogens with zero attached hydrogens (tertiary/aromatic N) is 1. The third-order valence-electron chi connectivity index (χ3n) is 4.04. The monoisotopic (exact) mass is 363 g/mol. The first-order valence-corrected chi connectivity index (χ1v) is 8.12. The summed E-state index contributed by atoms with van der Waals surface area (Å²) in [5, 5.41) is 3.39. The van der Waals surface area contributed by atoms with Crippen LogP contribution >= 0.6 is 24.0 Å². The lowest BCUT2D eigenvalue weighted by atomic mass is 10.0. The average Bonchev–Trinajstić information content (AvgIpc) is 2.49. The highest BCUT2D eigenvalue weighted by Gasteiger charge is 2.23. The smallest absolute Gasteiger partial charge is 0.221 e. The summed E-state index contributed by atoms with van der Waals surface area (Å²) in [5.41, 5.74) is 6.30. The van der Waals surface area contributed by atoms with Crippen LogP contribution in [0.25, 0.3) is 0 Å². The number of rotatable bonds is 6. The first kappa shape index (κ1) is 20.2. The number of nitrogens with two attached hydrogens (primary N) is 1. The fourth-order valence-electron chi connectivity index (χ4n) is 2.82. The molecular formula is C16H24Cl2FN3O. The molecule has 1 atom stereocenters. The number of halogens is 3. The third kappa shape index (κ3) is 6.26. The van der Waals surface area contributed by atoms with Gasteiger partial charge in [-0.2, -0.15) is 0 Å². The summed E-state index contributed by atoms with van der Waals surface area (Å²) in [6, 6.07) is 4.80. The van der Waals surface area contributed by atoms with Gasteiger partial charge in [0.05, 0.1) is 0 Å². The Balaban J connectivity index is 0.00000264. The Bertz CT molecular complexity index is 516. The summed E-state index contributed by atoms with van der Waals surface area (Å²) < 4.78 is 13.1. The van der Waals surface area contributed by atoms with Crippen LogP contribution in [0.2, 0.25) is 5.02 Å². The van der Waals surface area contributed by atoms with Gasteiger partial charge in [-0.1, -0.05) is 24.1 Å². The van der Waals surface area contributed by atoms with Crippen LogP contribution in [0.4, 0.5) is 4.39 Å². The van der Waals surface area contributed by atoms with E-state index in [-0.39, 0.29) is 30.2 Å². The van der Waals surface area contributed by atoms with Gasteiger partial charge in [-0.25, -0.2) is 4.39 Å². The Hall–Kier alpha value is -0.880. The molecule has 0 aromatic heterocycles. The van der Waals surface area contributed by atoms with Gasteiger partial charge in [0.15, 0.2) is 0 Å². The molecule has 2 rings (SSSR count). The fourth-order valence-corrected chi connectivity index (χ4v) is 3.05. The number of hydrogen-bond donors (Lipinski definition) is 2. The standard InChI is InChI=1S/C16H23ClFN3O.ClH/c17-15-9-13(18)5-4-12(15)11-21-8-2-1-3-14(21)10-20-16(22)6-7-19;/h4-5,9,14H,1-3,6-8,10-11,19H2,(H,20,22);1H. The molecule has 1 saturated heterocycles. The molecule has 7 heteroatoms. The van der Waals surface area contributed by atoms with Crippen LogP contribution in [0, 0.1) is 5.82 Å². The summed E-state index contributed by atoms with van der Waals surface area (Å²) in [5.74, 6) is -0.328. The molecule has 1 aromatic rings. The highest BCUT2D eigenvalue weighted by molar-refractivity contribution is 6.31. The van der Waals surface area contributed by atoms with Crippen LogP contribution in [0.1, 0.15) is 31.2 Å². The van der Waals surface area contributed by atoms with Crippen molar-refractivity contribution in [2.24, 2.45) is 5.73 Å². The summed E-state index contributed by atoms with van der Waals surface area (Å²) in [6.45, 7) is 2.63. The van der Waals surface area contributed by atoms with E-state index in [1.165, 1.54) is 12.1 Å². The second-order valence-electron chi connectivity index (χ2n) is 5.70.